The number of aryl methyl sites for hydroxylation is 2. The maximum Gasteiger partial charge on any atom is 0.141 e. The largest absolute Gasteiger partial charge is 0.299 e. The summed E-state index contributed by atoms with van der Waals surface area (Å²) < 4.78 is 1.73. The van der Waals surface area contributed by atoms with E-state index in [1.165, 1.54) is 0 Å². The molecule has 1 aromatic heterocycles. The van der Waals surface area contributed by atoms with Crippen LogP contribution >= 0.6 is 0 Å². The van der Waals surface area contributed by atoms with E-state index in [1.807, 2.05) is 68.6 Å². The summed E-state index contributed by atoms with van der Waals surface area (Å²) >= 11 is 0. The van der Waals surface area contributed by atoms with Crippen molar-refractivity contribution < 1.29 is 4.79 Å². The van der Waals surface area contributed by atoms with Crippen LogP contribution in [0.1, 0.15) is 22.4 Å². The smallest absolute Gasteiger partial charge is 0.141 e. The van der Waals surface area contributed by atoms with Crippen LogP contribution in [0.15, 0.2) is 54.7 Å². The third kappa shape index (κ3) is 3.72. The van der Waals surface area contributed by atoms with Crippen molar-refractivity contribution in [3.05, 3.63) is 77.1 Å². The lowest BCUT2D eigenvalue weighted by Crippen LogP contribution is -2.07. The van der Waals surface area contributed by atoms with Gasteiger partial charge in [-0.2, -0.15) is 0 Å². The molecule has 0 aliphatic carbocycles. The first kappa shape index (κ1) is 15.2. The second kappa shape index (κ2) is 6.57. The lowest BCUT2D eigenvalue weighted by Gasteiger charge is -2.06. The van der Waals surface area contributed by atoms with Crippen molar-refractivity contribution in [2.75, 3.05) is 0 Å². The van der Waals surface area contributed by atoms with Gasteiger partial charge >= 0.3 is 0 Å². The van der Waals surface area contributed by atoms with Crippen molar-refractivity contribution in [1.29, 1.82) is 0 Å². The highest BCUT2D eigenvalue weighted by Gasteiger charge is 2.07. The maximum atomic E-state index is 12.3. The average Bonchev–Trinajstić information content (AvgIpc) is 2.97. The third-order valence-electron chi connectivity index (χ3n) is 3.86. The van der Waals surface area contributed by atoms with Crippen LogP contribution in [0.5, 0.6) is 0 Å². The summed E-state index contributed by atoms with van der Waals surface area (Å²) in [4.78, 5) is 12.3. The number of hydrogen-bond donors (Lipinski definition) is 0. The number of benzene rings is 2. The van der Waals surface area contributed by atoms with Crippen LogP contribution in [-0.2, 0) is 17.6 Å². The van der Waals surface area contributed by atoms with E-state index >= 15 is 0 Å². The molecule has 3 rings (SSSR count). The molecule has 0 atom stereocenters. The van der Waals surface area contributed by atoms with Crippen LogP contribution in [0.2, 0.25) is 0 Å². The first-order valence-corrected chi connectivity index (χ1v) is 7.66. The van der Waals surface area contributed by atoms with Gasteiger partial charge in [0.1, 0.15) is 5.78 Å². The van der Waals surface area contributed by atoms with Gasteiger partial charge in [-0.15, -0.1) is 5.10 Å². The van der Waals surface area contributed by atoms with Gasteiger partial charge in [0.05, 0.1) is 17.6 Å². The Hall–Kier alpha value is -2.75. The number of hydrogen-bond acceptors (Lipinski definition) is 3. The molecule has 1 heterocycles. The summed E-state index contributed by atoms with van der Waals surface area (Å²) in [5.74, 6) is 0.226. The standard InChI is InChI=1S/C19H19N3O/c1-14-5-3-4-6-17(14)12-19(23)11-16-7-9-18(10-8-16)22-13-15(2)20-21-22/h3-10,13H,11-12H2,1-2H3. The molecule has 3 aromatic rings. The molecule has 2 aromatic carbocycles. The summed E-state index contributed by atoms with van der Waals surface area (Å²) in [5, 5.41) is 8.02. The van der Waals surface area contributed by atoms with E-state index in [9.17, 15) is 4.79 Å². The van der Waals surface area contributed by atoms with Crippen LogP contribution in [0, 0.1) is 13.8 Å². The van der Waals surface area contributed by atoms with Crippen LogP contribution in [0.25, 0.3) is 5.69 Å². The normalized spacial score (nSPS) is 10.7. The molecule has 0 spiro atoms. The van der Waals surface area contributed by atoms with Crippen LogP contribution < -0.4 is 0 Å². The topological polar surface area (TPSA) is 47.8 Å². The van der Waals surface area contributed by atoms with Crippen LogP contribution in [0.4, 0.5) is 0 Å². The molecule has 0 radical (unpaired) electrons. The summed E-state index contributed by atoms with van der Waals surface area (Å²) in [6.45, 7) is 3.94. The number of carbonyl (C=O) groups excluding carboxylic acids is 1. The molecule has 0 N–H and O–H groups in total. The Labute approximate surface area is 135 Å². The van der Waals surface area contributed by atoms with Crippen LogP contribution in [0.3, 0.4) is 0 Å². The zero-order chi connectivity index (χ0) is 16.2. The molecule has 0 saturated heterocycles. The SMILES string of the molecule is Cc1cn(-c2ccc(CC(=O)Cc3ccccc3C)cc2)nn1. The summed E-state index contributed by atoms with van der Waals surface area (Å²) in [6.07, 6.45) is 2.81. The van der Waals surface area contributed by atoms with Crippen molar-refractivity contribution >= 4 is 5.78 Å². The first-order chi connectivity index (χ1) is 11.1. The third-order valence-corrected chi connectivity index (χ3v) is 3.86. The Morgan fingerprint density at radius 2 is 1.74 bits per heavy atom. The van der Waals surface area contributed by atoms with E-state index in [2.05, 4.69) is 10.3 Å². The molecule has 23 heavy (non-hydrogen) atoms. The first-order valence-electron chi connectivity index (χ1n) is 7.66. The summed E-state index contributed by atoms with van der Waals surface area (Å²) in [7, 11) is 0. The Morgan fingerprint density at radius 1 is 1.00 bits per heavy atom. The molecule has 116 valence electrons. The Balaban J connectivity index is 1.66. The van der Waals surface area contributed by atoms with Crippen molar-refractivity contribution in [3.8, 4) is 5.69 Å². The minimum Gasteiger partial charge on any atom is -0.299 e. The highest BCUT2D eigenvalue weighted by molar-refractivity contribution is 5.83. The van der Waals surface area contributed by atoms with Gasteiger partial charge in [0.15, 0.2) is 0 Å². The molecule has 4 heteroatoms. The van der Waals surface area contributed by atoms with E-state index in [1.54, 1.807) is 4.68 Å². The van der Waals surface area contributed by atoms with E-state index in [4.69, 9.17) is 0 Å². The van der Waals surface area contributed by atoms with Gasteiger partial charge in [-0.3, -0.25) is 4.79 Å². The highest BCUT2D eigenvalue weighted by atomic mass is 16.1. The van der Waals surface area contributed by atoms with Crippen molar-refractivity contribution in [2.24, 2.45) is 0 Å². The summed E-state index contributed by atoms with van der Waals surface area (Å²) in [6, 6.07) is 15.9. The van der Waals surface area contributed by atoms with Gasteiger partial charge in [-0.25, -0.2) is 4.68 Å². The molecule has 0 saturated carbocycles. The Bertz CT molecular complexity index is 819. The second-order valence-corrected chi connectivity index (χ2v) is 5.79. The van der Waals surface area contributed by atoms with E-state index in [-0.39, 0.29) is 5.78 Å². The number of aromatic nitrogens is 3. The molecule has 0 amide bonds. The second-order valence-electron chi connectivity index (χ2n) is 5.79. The van der Waals surface area contributed by atoms with Gasteiger partial charge in [0, 0.05) is 12.8 Å². The van der Waals surface area contributed by atoms with Crippen molar-refractivity contribution in [2.45, 2.75) is 26.7 Å². The maximum absolute atomic E-state index is 12.3. The monoisotopic (exact) mass is 305 g/mol. The van der Waals surface area contributed by atoms with E-state index in [0.717, 1.165) is 28.1 Å². The highest BCUT2D eigenvalue weighted by Crippen LogP contribution is 2.12. The predicted molar refractivity (Wildman–Crippen MR) is 89.7 cm³/mol. The van der Waals surface area contributed by atoms with Gasteiger partial charge in [0.2, 0.25) is 0 Å². The number of rotatable bonds is 5. The Kier molecular flexibility index (Phi) is 4.33. The molecule has 0 fully saturated rings. The lowest BCUT2D eigenvalue weighted by atomic mass is 9.99. The van der Waals surface area contributed by atoms with Crippen LogP contribution in [-0.4, -0.2) is 20.8 Å². The summed E-state index contributed by atoms with van der Waals surface area (Å²) in [5.41, 5.74) is 5.11. The van der Waals surface area contributed by atoms with Gasteiger partial charge in [-0.1, -0.05) is 41.6 Å². The quantitative estimate of drug-likeness (QED) is 0.727. The number of carbonyl (C=O) groups is 1. The van der Waals surface area contributed by atoms with Gasteiger partial charge in [-0.05, 0) is 42.7 Å². The molecule has 0 bridgehead atoms. The fourth-order valence-electron chi connectivity index (χ4n) is 2.55. The zero-order valence-electron chi connectivity index (χ0n) is 13.4. The number of nitrogens with zero attached hydrogens (tertiary/aromatic N) is 3. The lowest BCUT2D eigenvalue weighted by molar-refractivity contribution is -0.117. The molecule has 0 aliphatic rings. The van der Waals surface area contributed by atoms with E-state index in [0.29, 0.717) is 12.8 Å². The molecule has 0 aliphatic heterocycles. The predicted octanol–water partition coefficient (Wildman–Crippen LogP) is 3.24. The molecular weight excluding hydrogens is 286 g/mol. The Morgan fingerprint density at radius 3 is 2.39 bits per heavy atom. The molecule has 0 unspecified atom stereocenters. The van der Waals surface area contributed by atoms with Crippen molar-refractivity contribution in [1.82, 2.24) is 15.0 Å². The number of Topliss-reactive ketones (excluding diaryl/α,β-unsaturated/α-hetero) is 1. The van der Waals surface area contributed by atoms with Gasteiger partial charge < -0.3 is 0 Å². The molecule has 4 nitrogen and oxygen atoms in total. The zero-order valence-corrected chi connectivity index (χ0v) is 13.4. The molecular formula is C19H19N3O. The van der Waals surface area contributed by atoms with Gasteiger partial charge in [0.25, 0.3) is 0 Å². The van der Waals surface area contributed by atoms with E-state index < -0.39 is 0 Å². The average molecular weight is 305 g/mol. The fourth-order valence-corrected chi connectivity index (χ4v) is 2.55. The number of ketones is 1. The van der Waals surface area contributed by atoms with Crippen molar-refractivity contribution in [3.63, 3.8) is 0 Å². The minimum absolute atomic E-state index is 0.226. The fraction of sp³-hybridized carbons (Fsp3) is 0.211. The minimum atomic E-state index is 0.226.